The molecule has 0 unspecified atom stereocenters. The lowest BCUT2D eigenvalue weighted by Crippen LogP contribution is -2.20. The van der Waals surface area contributed by atoms with Gasteiger partial charge in [-0.2, -0.15) is 0 Å². The van der Waals surface area contributed by atoms with Crippen molar-refractivity contribution in [1.82, 2.24) is 4.90 Å². The molecule has 1 aromatic carbocycles. The smallest absolute Gasteiger partial charge is 0.225 e. The van der Waals surface area contributed by atoms with E-state index in [-0.39, 0.29) is 5.91 Å². The Morgan fingerprint density at radius 3 is 2.44 bits per heavy atom. The Bertz CT molecular complexity index is 335. The Balaban J connectivity index is 2.43. The van der Waals surface area contributed by atoms with Crippen molar-refractivity contribution in [3.05, 3.63) is 24.3 Å². The number of hydrogen-bond acceptors (Lipinski definition) is 3. The molecule has 1 amide bonds. The van der Waals surface area contributed by atoms with Crippen LogP contribution in [0.5, 0.6) is 0 Å². The van der Waals surface area contributed by atoms with Crippen molar-refractivity contribution in [2.24, 2.45) is 0 Å². The quantitative estimate of drug-likeness (QED) is 0.799. The summed E-state index contributed by atoms with van der Waals surface area (Å²) in [5, 5.41) is 2.87. The standard InChI is InChI=1S/C12H18N2OS/c1-14(2)9-8-12(15)13-10-4-6-11(16-3)7-5-10/h4-7H,8-9H2,1-3H3,(H,13,15). The minimum Gasteiger partial charge on any atom is -0.326 e. The van der Waals surface area contributed by atoms with Gasteiger partial charge in [-0.1, -0.05) is 0 Å². The van der Waals surface area contributed by atoms with E-state index in [0.717, 1.165) is 12.2 Å². The number of hydrogen-bond donors (Lipinski definition) is 1. The highest BCUT2D eigenvalue weighted by atomic mass is 32.2. The van der Waals surface area contributed by atoms with Gasteiger partial charge in [0, 0.05) is 23.5 Å². The maximum Gasteiger partial charge on any atom is 0.225 e. The van der Waals surface area contributed by atoms with E-state index < -0.39 is 0 Å². The molecule has 0 saturated carbocycles. The minimum atomic E-state index is 0.0607. The van der Waals surface area contributed by atoms with E-state index in [4.69, 9.17) is 0 Å². The first-order valence-corrected chi connectivity index (χ1v) is 6.43. The van der Waals surface area contributed by atoms with Gasteiger partial charge in [0.25, 0.3) is 0 Å². The highest BCUT2D eigenvalue weighted by Gasteiger charge is 2.02. The van der Waals surface area contributed by atoms with Gasteiger partial charge < -0.3 is 10.2 Å². The molecule has 0 spiro atoms. The zero-order valence-corrected chi connectivity index (χ0v) is 10.8. The first-order valence-electron chi connectivity index (χ1n) is 5.20. The average molecular weight is 238 g/mol. The molecule has 16 heavy (non-hydrogen) atoms. The molecule has 1 rings (SSSR count). The van der Waals surface area contributed by atoms with Gasteiger partial charge in [0.05, 0.1) is 0 Å². The van der Waals surface area contributed by atoms with E-state index in [9.17, 15) is 4.79 Å². The van der Waals surface area contributed by atoms with E-state index in [0.29, 0.717) is 6.42 Å². The van der Waals surface area contributed by atoms with Crippen LogP contribution in [0, 0.1) is 0 Å². The van der Waals surface area contributed by atoms with Gasteiger partial charge in [-0.05, 0) is 44.6 Å². The summed E-state index contributed by atoms with van der Waals surface area (Å²) in [6, 6.07) is 7.87. The largest absolute Gasteiger partial charge is 0.326 e. The van der Waals surface area contributed by atoms with Crippen LogP contribution < -0.4 is 5.32 Å². The zero-order valence-electron chi connectivity index (χ0n) is 9.99. The van der Waals surface area contributed by atoms with E-state index in [1.165, 1.54) is 4.90 Å². The van der Waals surface area contributed by atoms with Crippen molar-refractivity contribution >= 4 is 23.4 Å². The molecule has 88 valence electrons. The van der Waals surface area contributed by atoms with Crippen molar-refractivity contribution in [2.45, 2.75) is 11.3 Å². The van der Waals surface area contributed by atoms with Crippen molar-refractivity contribution in [2.75, 3.05) is 32.2 Å². The van der Waals surface area contributed by atoms with Gasteiger partial charge >= 0.3 is 0 Å². The Labute approximate surface area is 101 Å². The van der Waals surface area contributed by atoms with Crippen LogP contribution in [-0.2, 0) is 4.79 Å². The van der Waals surface area contributed by atoms with Gasteiger partial charge in [-0.15, -0.1) is 11.8 Å². The van der Waals surface area contributed by atoms with Gasteiger partial charge in [-0.25, -0.2) is 0 Å². The molecule has 4 heteroatoms. The van der Waals surface area contributed by atoms with Crippen LogP contribution in [0.15, 0.2) is 29.2 Å². The molecule has 0 heterocycles. The lowest BCUT2D eigenvalue weighted by atomic mass is 10.3. The molecule has 0 saturated heterocycles. The van der Waals surface area contributed by atoms with E-state index in [2.05, 4.69) is 5.32 Å². The SMILES string of the molecule is CSc1ccc(NC(=O)CCN(C)C)cc1. The summed E-state index contributed by atoms with van der Waals surface area (Å²) in [6.07, 6.45) is 2.56. The monoisotopic (exact) mass is 238 g/mol. The van der Waals surface area contributed by atoms with Gasteiger partial charge in [0.15, 0.2) is 0 Å². The van der Waals surface area contributed by atoms with E-state index >= 15 is 0 Å². The number of thioether (sulfide) groups is 1. The predicted molar refractivity (Wildman–Crippen MR) is 70.0 cm³/mol. The molecule has 0 fully saturated rings. The summed E-state index contributed by atoms with van der Waals surface area (Å²) in [7, 11) is 3.92. The zero-order chi connectivity index (χ0) is 12.0. The molecule has 3 nitrogen and oxygen atoms in total. The molecule has 0 atom stereocenters. The summed E-state index contributed by atoms with van der Waals surface area (Å²) in [6.45, 7) is 0.773. The first-order chi connectivity index (χ1) is 7.61. The molecular formula is C12H18N2OS. The molecule has 1 aromatic rings. The maximum absolute atomic E-state index is 11.5. The van der Waals surface area contributed by atoms with Gasteiger partial charge in [0.2, 0.25) is 5.91 Å². The third-order valence-corrected chi connectivity index (χ3v) is 2.90. The average Bonchev–Trinajstić information content (AvgIpc) is 2.27. The van der Waals surface area contributed by atoms with Crippen LogP contribution in [0.3, 0.4) is 0 Å². The first kappa shape index (κ1) is 13.1. The van der Waals surface area contributed by atoms with Crippen LogP contribution in [-0.4, -0.2) is 37.7 Å². The van der Waals surface area contributed by atoms with Gasteiger partial charge in [-0.3, -0.25) is 4.79 Å². The van der Waals surface area contributed by atoms with Crippen LogP contribution in [0.25, 0.3) is 0 Å². The van der Waals surface area contributed by atoms with Crippen LogP contribution in [0.4, 0.5) is 5.69 Å². The number of nitrogens with zero attached hydrogens (tertiary/aromatic N) is 1. The second-order valence-electron chi connectivity index (χ2n) is 3.83. The van der Waals surface area contributed by atoms with E-state index in [1.54, 1.807) is 11.8 Å². The highest BCUT2D eigenvalue weighted by Crippen LogP contribution is 2.17. The van der Waals surface area contributed by atoms with Crippen molar-refractivity contribution in [3.63, 3.8) is 0 Å². The second kappa shape index (κ2) is 6.55. The molecule has 0 bridgehead atoms. The number of nitrogens with one attached hydrogen (secondary N) is 1. The summed E-state index contributed by atoms with van der Waals surface area (Å²) in [4.78, 5) is 14.7. The van der Waals surface area contributed by atoms with Crippen LogP contribution >= 0.6 is 11.8 Å². The second-order valence-corrected chi connectivity index (χ2v) is 4.71. The van der Waals surface area contributed by atoms with Crippen LogP contribution in [0.2, 0.25) is 0 Å². The number of amides is 1. The summed E-state index contributed by atoms with van der Waals surface area (Å²) in [5.41, 5.74) is 0.863. The number of carbonyl (C=O) groups excluding carboxylic acids is 1. The molecule has 0 aliphatic heterocycles. The third kappa shape index (κ3) is 4.68. The lowest BCUT2D eigenvalue weighted by molar-refractivity contribution is -0.116. The normalized spacial score (nSPS) is 10.5. The number of carbonyl (C=O) groups is 1. The Kier molecular flexibility index (Phi) is 5.35. The van der Waals surface area contributed by atoms with Crippen LogP contribution in [0.1, 0.15) is 6.42 Å². The summed E-state index contributed by atoms with van der Waals surface area (Å²) >= 11 is 1.69. The molecule has 0 aromatic heterocycles. The summed E-state index contributed by atoms with van der Waals surface area (Å²) < 4.78 is 0. The highest BCUT2D eigenvalue weighted by molar-refractivity contribution is 7.98. The molecule has 0 aliphatic rings. The molecule has 0 radical (unpaired) electrons. The fourth-order valence-corrected chi connectivity index (χ4v) is 1.63. The van der Waals surface area contributed by atoms with Gasteiger partial charge in [0.1, 0.15) is 0 Å². The molecule has 0 aliphatic carbocycles. The topological polar surface area (TPSA) is 32.3 Å². The maximum atomic E-state index is 11.5. The minimum absolute atomic E-state index is 0.0607. The number of anilines is 1. The fraction of sp³-hybridized carbons (Fsp3) is 0.417. The summed E-state index contributed by atoms with van der Waals surface area (Å²) in [5.74, 6) is 0.0607. The third-order valence-electron chi connectivity index (χ3n) is 2.16. The number of rotatable bonds is 5. The molecule has 1 N–H and O–H groups in total. The van der Waals surface area contributed by atoms with Crippen molar-refractivity contribution < 1.29 is 4.79 Å². The van der Waals surface area contributed by atoms with Crippen molar-refractivity contribution in [1.29, 1.82) is 0 Å². The Morgan fingerprint density at radius 2 is 1.94 bits per heavy atom. The van der Waals surface area contributed by atoms with Crippen molar-refractivity contribution in [3.8, 4) is 0 Å². The number of benzene rings is 1. The lowest BCUT2D eigenvalue weighted by Gasteiger charge is -2.09. The van der Waals surface area contributed by atoms with E-state index in [1.807, 2.05) is 49.5 Å². The Hall–Kier alpha value is -1.00. The fourth-order valence-electron chi connectivity index (χ4n) is 1.22. The Morgan fingerprint density at radius 1 is 1.31 bits per heavy atom. The molecular weight excluding hydrogens is 220 g/mol. The predicted octanol–water partition coefficient (Wildman–Crippen LogP) is 2.30.